The van der Waals surface area contributed by atoms with Gasteiger partial charge in [0.25, 0.3) is 0 Å². The summed E-state index contributed by atoms with van der Waals surface area (Å²) in [5.41, 5.74) is -0.0787. The normalized spacial score (nSPS) is 13.5. The van der Waals surface area contributed by atoms with E-state index in [1.165, 1.54) is 0 Å². The summed E-state index contributed by atoms with van der Waals surface area (Å²) in [6, 6.07) is 0.356. The highest BCUT2D eigenvalue weighted by Crippen LogP contribution is 2.29. The molecule has 0 bridgehead atoms. The Morgan fingerprint density at radius 2 is 1.55 bits per heavy atom. The lowest BCUT2D eigenvalue weighted by Gasteiger charge is -2.38. The average molecular weight is 296 g/mol. The van der Waals surface area contributed by atoms with Gasteiger partial charge < -0.3 is 5.32 Å². The van der Waals surface area contributed by atoms with E-state index in [4.69, 9.17) is 0 Å². The molecule has 1 N–H and O–H groups in total. The van der Waals surface area contributed by atoms with Gasteiger partial charge >= 0.3 is 6.18 Å². The minimum Gasteiger partial charge on any atom is -0.314 e. The van der Waals surface area contributed by atoms with Gasteiger partial charge in [0.2, 0.25) is 0 Å². The summed E-state index contributed by atoms with van der Waals surface area (Å²) in [4.78, 5) is 1.56. The van der Waals surface area contributed by atoms with Crippen LogP contribution >= 0.6 is 0 Å². The predicted octanol–water partition coefficient (Wildman–Crippen LogP) is 4.07. The Morgan fingerprint density at radius 1 is 1.00 bits per heavy atom. The highest BCUT2D eigenvalue weighted by atomic mass is 19.4. The van der Waals surface area contributed by atoms with E-state index >= 15 is 0 Å². The van der Waals surface area contributed by atoms with Crippen LogP contribution < -0.4 is 5.32 Å². The molecular weight excluding hydrogens is 265 g/mol. The van der Waals surface area contributed by atoms with Crippen molar-refractivity contribution in [3.63, 3.8) is 0 Å². The first-order chi connectivity index (χ1) is 9.18. The molecule has 20 heavy (non-hydrogen) atoms. The molecule has 0 amide bonds. The molecule has 0 aromatic carbocycles. The third kappa shape index (κ3) is 8.10. The van der Waals surface area contributed by atoms with Crippen LogP contribution in [0.3, 0.4) is 0 Å². The monoisotopic (exact) mass is 296 g/mol. The van der Waals surface area contributed by atoms with Crippen LogP contribution in [0.4, 0.5) is 13.2 Å². The molecule has 122 valence electrons. The second kappa shape index (κ2) is 8.88. The lowest BCUT2D eigenvalue weighted by Crippen LogP contribution is -2.47. The van der Waals surface area contributed by atoms with E-state index in [9.17, 15) is 13.2 Å². The van der Waals surface area contributed by atoms with Crippen molar-refractivity contribution in [2.45, 2.75) is 66.1 Å². The number of rotatable bonds is 10. The van der Waals surface area contributed by atoms with Crippen LogP contribution in [0.15, 0.2) is 0 Å². The van der Waals surface area contributed by atoms with Crippen LogP contribution in [0.25, 0.3) is 0 Å². The largest absolute Gasteiger partial charge is 0.401 e. The molecule has 0 radical (unpaired) electrons. The van der Waals surface area contributed by atoms with Gasteiger partial charge in [-0.25, -0.2) is 0 Å². The number of alkyl halides is 3. The molecule has 0 aromatic rings. The van der Waals surface area contributed by atoms with E-state index in [-0.39, 0.29) is 5.41 Å². The maximum atomic E-state index is 12.7. The first-order valence-electron chi connectivity index (χ1n) is 7.70. The van der Waals surface area contributed by atoms with Gasteiger partial charge in [-0.15, -0.1) is 0 Å². The van der Waals surface area contributed by atoms with Crippen molar-refractivity contribution in [1.29, 1.82) is 0 Å². The van der Waals surface area contributed by atoms with Crippen molar-refractivity contribution in [3.05, 3.63) is 0 Å². The van der Waals surface area contributed by atoms with E-state index in [1.807, 2.05) is 6.92 Å². The van der Waals surface area contributed by atoms with E-state index in [0.29, 0.717) is 19.1 Å². The predicted molar refractivity (Wildman–Crippen MR) is 78.9 cm³/mol. The second-order valence-corrected chi connectivity index (χ2v) is 6.07. The molecule has 5 heteroatoms. The number of nitrogens with one attached hydrogen (secondary N) is 1. The van der Waals surface area contributed by atoms with Gasteiger partial charge in [-0.3, -0.25) is 4.90 Å². The maximum absolute atomic E-state index is 12.7. The van der Waals surface area contributed by atoms with Gasteiger partial charge in [0.1, 0.15) is 0 Å². The van der Waals surface area contributed by atoms with Crippen LogP contribution in [-0.2, 0) is 0 Å². The zero-order chi connectivity index (χ0) is 15.8. The fraction of sp³-hybridized carbons (Fsp3) is 1.00. The highest BCUT2D eigenvalue weighted by Gasteiger charge is 2.35. The van der Waals surface area contributed by atoms with E-state index in [1.54, 1.807) is 4.90 Å². The molecule has 0 atom stereocenters. The van der Waals surface area contributed by atoms with E-state index < -0.39 is 12.7 Å². The summed E-state index contributed by atoms with van der Waals surface area (Å²) in [7, 11) is 0. The van der Waals surface area contributed by atoms with Crippen LogP contribution in [0.5, 0.6) is 0 Å². The molecule has 0 rings (SSSR count). The average Bonchev–Trinajstić information content (AvgIpc) is 2.32. The lowest BCUT2D eigenvalue weighted by atomic mass is 9.81. The van der Waals surface area contributed by atoms with E-state index in [0.717, 1.165) is 25.8 Å². The summed E-state index contributed by atoms with van der Waals surface area (Å²) >= 11 is 0. The van der Waals surface area contributed by atoms with Crippen LogP contribution in [0.1, 0.15) is 53.9 Å². The van der Waals surface area contributed by atoms with Gasteiger partial charge in [0.15, 0.2) is 0 Å². The van der Waals surface area contributed by atoms with Crippen molar-refractivity contribution in [2.75, 3.05) is 26.2 Å². The Hall–Kier alpha value is -0.290. The van der Waals surface area contributed by atoms with Gasteiger partial charge in [0, 0.05) is 19.1 Å². The molecule has 0 aliphatic carbocycles. The van der Waals surface area contributed by atoms with Crippen molar-refractivity contribution >= 4 is 0 Å². The van der Waals surface area contributed by atoms with Crippen molar-refractivity contribution in [2.24, 2.45) is 5.41 Å². The summed E-state index contributed by atoms with van der Waals surface area (Å²) in [5, 5.41) is 3.39. The third-order valence-electron chi connectivity index (χ3n) is 3.89. The zero-order valence-corrected chi connectivity index (χ0v) is 13.6. The molecule has 0 saturated carbocycles. The lowest BCUT2D eigenvalue weighted by molar-refractivity contribution is -0.149. The van der Waals surface area contributed by atoms with Crippen LogP contribution in [-0.4, -0.2) is 43.3 Å². The Kier molecular flexibility index (Phi) is 8.75. The molecule has 0 aliphatic heterocycles. The summed E-state index contributed by atoms with van der Waals surface area (Å²) in [6.45, 7) is 11.2. The quantitative estimate of drug-likeness (QED) is 0.654. The molecule has 0 heterocycles. The number of nitrogens with zero attached hydrogens (tertiary/aromatic N) is 1. The number of halogens is 3. The minimum atomic E-state index is -4.12. The topological polar surface area (TPSA) is 15.3 Å². The molecule has 0 spiro atoms. The first-order valence-corrected chi connectivity index (χ1v) is 7.70. The molecule has 0 unspecified atom stereocenters. The first kappa shape index (κ1) is 19.7. The minimum absolute atomic E-state index is 0.0787. The molecular formula is C15H31F3N2. The maximum Gasteiger partial charge on any atom is 0.401 e. The number of hydrogen-bond donors (Lipinski definition) is 1. The Bertz CT molecular complexity index is 248. The molecule has 0 aromatic heterocycles. The standard InChI is InChI=1S/C15H31F3N2/c1-6-9-20(12-15(16,17)18)11-14(7-2,8-3)10-19-13(4)5/h13,19H,6-12H2,1-5H3. The Labute approximate surface area is 122 Å². The Balaban J connectivity index is 4.79. The molecule has 2 nitrogen and oxygen atoms in total. The summed E-state index contributed by atoms with van der Waals surface area (Å²) in [5.74, 6) is 0. The molecule has 0 fully saturated rings. The zero-order valence-electron chi connectivity index (χ0n) is 13.6. The Morgan fingerprint density at radius 3 is 1.90 bits per heavy atom. The fourth-order valence-electron chi connectivity index (χ4n) is 2.46. The highest BCUT2D eigenvalue weighted by molar-refractivity contribution is 4.84. The van der Waals surface area contributed by atoms with Crippen molar-refractivity contribution in [1.82, 2.24) is 10.2 Å². The summed E-state index contributed by atoms with van der Waals surface area (Å²) < 4.78 is 38.0. The smallest absolute Gasteiger partial charge is 0.314 e. The number of hydrogen-bond acceptors (Lipinski definition) is 2. The van der Waals surface area contributed by atoms with Gasteiger partial charge in [-0.2, -0.15) is 13.2 Å². The fourth-order valence-corrected chi connectivity index (χ4v) is 2.46. The van der Waals surface area contributed by atoms with Gasteiger partial charge in [-0.1, -0.05) is 34.6 Å². The summed E-state index contributed by atoms with van der Waals surface area (Å²) in [6.07, 6.45) is -1.59. The van der Waals surface area contributed by atoms with Crippen molar-refractivity contribution in [3.8, 4) is 0 Å². The third-order valence-corrected chi connectivity index (χ3v) is 3.89. The van der Waals surface area contributed by atoms with Crippen LogP contribution in [0, 0.1) is 5.41 Å². The SMILES string of the molecule is CCCN(CC(F)(F)F)CC(CC)(CC)CNC(C)C. The molecule has 0 aliphatic rings. The molecule has 0 saturated heterocycles. The van der Waals surface area contributed by atoms with E-state index in [2.05, 4.69) is 33.0 Å². The van der Waals surface area contributed by atoms with Crippen LogP contribution in [0.2, 0.25) is 0 Å². The van der Waals surface area contributed by atoms with Gasteiger partial charge in [-0.05, 0) is 31.2 Å². The van der Waals surface area contributed by atoms with Crippen molar-refractivity contribution < 1.29 is 13.2 Å². The second-order valence-electron chi connectivity index (χ2n) is 6.07. The van der Waals surface area contributed by atoms with Gasteiger partial charge in [0.05, 0.1) is 6.54 Å².